The molecule has 38 heavy (non-hydrogen) atoms. The van der Waals surface area contributed by atoms with Crippen molar-refractivity contribution in [1.82, 2.24) is 4.31 Å². The number of anilines is 2. The van der Waals surface area contributed by atoms with Crippen LogP contribution in [0.1, 0.15) is 23.2 Å². The van der Waals surface area contributed by atoms with Crippen LogP contribution in [0.15, 0.2) is 71.6 Å². The maximum atomic E-state index is 12.9. The smallest absolute Gasteiger partial charge is 0.265 e. The molecule has 198 valence electrons. The summed E-state index contributed by atoms with van der Waals surface area (Å²) in [5, 5.41) is 3.41. The third-order valence-corrected chi connectivity index (χ3v) is 8.54. The summed E-state index contributed by atoms with van der Waals surface area (Å²) in [6, 6.07) is 17.9. The highest BCUT2D eigenvalue weighted by Gasteiger charge is 2.28. The summed E-state index contributed by atoms with van der Waals surface area (Å²) >= 11 is 5.90. The van der Waals surface area contributed by atoms with Gasteiger partial charge in [-0.25, -0.2) is 8.42 Å². The lowest BCUT2D eigenvalue weighted by Gasteiger charge is -2.29. The average molecular weight is 556 g/mol. The lowest BCUT2D eigenvalue weighted by Crippen LogP contribution is -2.41. The summed E-state index contributed by atoms with van der Waals surface area (Å²) in [7, 11) is -3.56. The molecule has 11 heteroatoms. The van der Waals surface area contributed by atoms with E-state index in [0.29, 0.717) is 46.5 Å². The van der Waals surface area contributed by atoms with Crippen molar-refractivity contribution < 1.29 is 27.5 Å². The summed E-state index contributed by atoms with van der Waals surface area (Å²) in [6.07, 6.45) is 1.70. The Morgan fingerprint density at radius 2 is 1.71 bits per heavy atom. The third-order valence-electron chi connectivity index (χ3n) is 6.38. The zero-order valence-electron chi connectivity index (χ0n) is 20.4. The van der Waals surface area contributed by atoms with E-state index in [-0.39, 0.29) is 30.6 Å². The van der Waals surface area contributed by atoms with Crippen LogP contribution >= 0.6 is 11.6 Å². The molecule has 0 atom stereocenters. The van der Waals surface area contributed by atoms with Crippen LogP contribution in [0.3, 0.4) is 0 Å². The lowest BCUT2D eigenvalue weighted by atomic mass is 10.1. The standard InChI is InChI=1S/C27H26ClN3O6S/c28-20-5-8-22(9-6-20)36-16-15-31-24-17-21(7-12-25(24)37-18-26(31)32)29-27(33)19-3-10-23(11-4-19)38(34,35)30-13-1-2-14-30/h3-12,17H,1-2,13-16,18H2,(H,29,33). The van der Waals surface area contributed by atoms with Crippen molar-refractivity contribution in [2.45, 2.75) is 17.7 Å². The van der Waals surface area contributed by atoms with Gasteiger partial charge in [0.05, 0.1) is 17.1 Å². The topological polar surface area (TPSA) is 105 Å². The Balaban J connectivity index is 1.26. The number of amides is 2. The van der Waals surface area contributed by atoms with E-state index in [0.717, 1.165) is 12.8 Å². The molecule has 0 aromatic heterocycles. The van der Waals surface area contributed by atoms with E-state index in [4.69, 9.17) is 21.1 Å². The number of carbonyl (C=O) groups excluding carboxylic acids is 2. The fraction of sp³-hybridized carbons (Fsp3) is 0.259. The van der Waals surface area contributed by atoms with Crippen molar-refractivity contribution in [2.24, 2.45) is 0 Å². The molecule has 2 aliphatic rings. The van der Waals surface area contributed by atoms with E-state index < -0.39 is 15.9 Å². The van der Waals surface area contributed by atoms with Gasteiger partial charge in [0, 0.05) is 29.4 Å². The van der Waals surface area contributed by atoms with Crippen LogP contribution in [0.5, 0.6) is 11.5 Å². The van der Waals surface area contributed by atoms with E-state index in [9.17, 15) is 18.0 Å². The van der Waals surface area contributed by atoms with Gasteiger partial charge in [-0.3, -0.25) is 9.59 Å². The molecule has 1 N–H and O–H groups in total. The zero-order valence-corrected chi connectivity index (χ0v) is 22.0. The van der Waals surface area contributed by atoms with Gasteiger partial charge in [-0.15, -0.1) is 0 Å². The first-order valence-electron chi connectivity index (χ1n) is 12.2. The van der Waals surface area contributed by atoms with Gasteiger partial charge in [-0.2, -0.15) is 4.31 Å². The number of halogens is 1. The maximum absolute atomic E-state index is 12.9. The number of nitrogens with zero attached hydrogens (tertiary/aromatic N) is 2. The van der Waals surface area contributed by atoms with Crippen molar-refractivity contribution in [3.05, 3.63) is 77.3 Å². The normalized spacial score (nSPS) is 15.6. The Bertz CT molecular complexity index is 1440. The van der Waals surface area contributed by atoms with Gasteiger partial charge in [-0.1, -0.05) is 11.6 Å². The summed E-state index contributed by atoms with van der Waals surface area (Å²) < 4.78 is 38.2. The number of rotatable bonds is 8. The Morgan fingerprint density at radius 3 is 2.42 bits per heavy atom. The van der Waals surface area contributed by atoms with Gasteiger partial charge in [0.15, 0.2) is 6.61 Å². The van der Waals surface area contributed by atoms with E-state index in [1.807, 2.05) is 0 Å². The number of sulfonamides is 1. The Kier molecular flexibility index (Phi) is 7.55. The summed E-state index contributed by atoms with van der Waals surface area (Å²) in [5.74, 6) is 0.521. The van der Waals surface area contributed by atoms with Crippen LogP contribution < -0.4 is 19.7 Å². The van der Waals surface area contributed by atoms with Gasteiger partial charge >= 0.3 is 0 Å². The Hall–Kier alpha value is -3.60. The fourth-order valence-electron chi connectivity index (χ4n) is 4.37. The molecule has 0 saturated carbocycles. The van der Waals surface area contributed by atoms with Crippen molar-refractivity contribution in [3.63, 3.8) is 0 Å². The van der Waals surface area contributed by atoms with Crippen molar-refractivity contribution in [2.75, 3.05) is 43.1 Å². The second-order valence-corrected chi connectivity index (χ2v) is 11.3. The van der Waals surface area contributed by atoms with E-state index in [1.165, 1.54) is 28.6 Å². The molecule has 0 aliphatic carbocycles. The van der Waals surface area contributed by atoms with Crippen molar-refractivity contribution in [3.8, 4) is 11.5 Å². The molecule has 2 heterocycles. The van der Waals surface area contributed by atoms with Gasteiger partial charge in [-0.05, 0) is 79.6 Å². The SMILES string of the molecule is O=C(Nc1ccc2c(c1)N(CCOc1ccc(Cl)cc1)C(=O)CO2)c1ccc(S(=O)(=O)N2CCCC2)cc1. The van der Waals surface area contributed by atoms with Gasteiger partial charge in [0.25, 0.3) is 11.8 Å². The number of fused-ring (bicyclic) bond motifs is 1. The quantitative estimate of drug-likeness (QED) is 0.447. The highest BCUT2D eigenvalue weighted by atomic mass is 35.5. The molecule has 3 aromatic rings. The average Bonchev–Trinajstić information content (AvgIpc) is 3.47. The minimum Gasteiger partial charge on any atom is -0.492 e. The largest absolute Gasteiger partial charge is 0.492 e. The van der Waals surface area contributed by atoms with Gasteiger partial charge < -0.3 is 19.7 Å². The second-order valence-electron chi connectivity index (χ2n) is 8.91. The molecule has 0 unspecified atom stereocenters. The Labute approximate surface area is 226 Å². The molecule has 5 rings (SSSR count). The van der Waals surface area contributed by atoms with E-state index >= 15 is 0 Å². The zero-order chi connectivity index (χ0) is 26.7. The van der Waals surface area contributed by atoms with Gasteiger partial charge in [0.2, 0.25) is 10.0 Å². The predicted octanol–water partition coefficient (Wildman–Crippen LogP) is 4.18. The highest BCUT2D eigenvalue weighted by molar-refractivity contribution is 7.89. The van der Waals surface area contributed by atoms with Crippen LogP contribution in [-0.4, -0.2) is 57.4 Å². The molecular formula is C27H26ClN3O6S. The number of ether oxygens (including phenoxy) is 2. The summed E-state index contributed by atoms with van der Waals surface area (Å²) in [5.41, 5.74) is 1.29. The number of hydrogen-bond acceptors (Lipinski definition) is 6. The number of benzene rings is 3. The minimum atomic E-state index is -3.56. The number of hydrogen-bond donors (Lipinski definition) is 1. The lowest BCUT2D eigenvalue weighted by molar-refractivity contribution is -0.121. The maximum Gasteiger partial charge on any atom is 0.265 e. The van der Waals surface area contributed by atoms with Crippen molar-refractivity contribution >= 4 is 44.8 Å². The summed E-state index contributed by atoms with van der Waals surface area (Å²) in [4.78, 5) is 27.2. The molecular weight excluding hydrogens is 530 g/mol. The molecule has 3 aromatic carbocycles. The monoisotopic (exact) mass is 555 g/mol. The molecule has 1 fully saturated rings. The molecule has 2 amide bonds. The number of nitrogens with one attached hydrogen (secondary N) is 1. The predicted molar refractivity (Wildman–Crippen MR) is 144 cm³/mol. The molecule has 0 spiro atoms. The van der Waals surface area contributed by atoms with Crippen LogP contribution in [0, 0.1) is 0 Å². The van der Waals surface area contributed by atoms with Crippen molar-refractivity contribution in [1.29, 1.82) is 0 Å². The van der Waals surface area contributed by atoms with Crippen LogP contribution in [0.4, 0.5) is 11.4 Å². The first-order valence-corrected chi connectivity index (χ1v) is 14.0. The molecule has 2 aliphatic heterocycles. The third kappa shape index (κ3) is 5.62. The van der Waals surface area contributed by atoms with E-state index in [1.54, 1.807) is 47.4 Å². The molecule has 1 saturated heterocycles. The first-order chi connectivity index (χ1) is 18.3. The molecule has 0 radical (unpaired) electrons. The Morgan fingerprint density at radius 1 is 1.00 bits per heavy atom. The van der Waals surface area contributed by atoms with Gasteiger partial charge in [0.1, 0.15) is 18.1 Å². The van der Waals surface area contributed by atoms with Crippen LogP contribution in [-0.2, 0) is 14.8 Å². The first kappa shape index (κ1) is 26.0. The molecule has 0 bridgehead atoms. The second kappa shape index (κ2) is 11.0. The fourth-order valence-corrected chi connectivity index (χ4v) is 6.01. The van der Waals surface area contributed by atoms with Crippen LogP contribution in [0.2, 0.25) is 5.02 Å². The summed E-state index contributed by atoms with van der Waals surface area (Å²) in [6.45, 7) is 1.46. The van der Waals surface area contributed by atoms with Crippen LogP contribution in [0.25, 0.3) is 0 Å². The highest BCUT2D eigenvalue weighted by Crippen LogP contribution is 2.34. The van der Waals surface area contributed by atoms with E-state index in [2.05, 4.69) is 5.32 Å². The number of carbonyl (C=O) groups is 2. The minimum absolute atomic E-state index is 0.0909. The molecule has 9 nitrogen and oxygen atoms in total.